The first-order valence-corrected chi connectivity index (χ1v) is 9.70. The Labute approximate surface area is 137 Å². The van der Waals surface area contributed by atoms with Crippen molar-refractivity contribution in [2.45, 2.75) is 60.7 Å². The third-order valence-corrected chi connectivity index (χ3v) is 7.00. The average Bonchev–Trinajstić information content (AvgIpc) is 2.50. The molecule has 116 valence electrons. The Hall–Kier alpha value is -0.390. The summed E-state index contributed by atoms with van der Waals surface area (Å²) in [6, 6.07) is 5.62. The molecule has 1 aliphatic heterocycles. The molecule has 2 fully saturated rings. The zero-order chi connectivity index (χ0) is 14.9. The highest BCUT2D eigenvalue weighted by Gasteiger charge is 2.40. The van der Waals surface area contributed by atoms with E-state index in [1.54, 1.807) is 0 Å². The summed E-state index contributed by atoms with van der Waals surface area (Å²) in [7, 11) is -1.05. The number of rotatable bonds is 2. The molecule has 2 aliphatic rings. The Morgan fingerprint density at radius 1 is 1.29 bits per heavy atom. The molecule has 0 radical (unpaired) electrons. The molecular weight excluding hydrogens is 350 g/mol. The first-order chi connectivity index (χ1) is 10.1. The standard InChI is InChI=1S/C16H22BrNO2S/c17-12-4-5-14(18)15(10-12)21(19)13-6-9-20-16(11-13)7-2-1-3-8-16/h4-5,10,13H,1-3,6-9,11,18H2. The van der Waals surface area contributed by atoms with E-state index < -0.39 is 10.8 Å². The minimum Gasteiger partial charge on any atom is -0.398 e. The van der Waals surface area contributed by atoms with E-state index in [0.29, 0.717) is 5.69 Å². The van der Waals surface area contributed by atoms with Gasteiger partial charge in [-0.15, -0.1) is 0 Å². The molecule has 0 bridgehead atoms. The van der Waals surface area contributed by atoms with Gasteiger partial charge in [-0.05, 0) is 43.9 Å². The van der Waals surface area contributed by atoms with Crippen molar-refractivity contribution in [2.24, 2.45) is 0 Å². The molecule has 1 aliphatic carbocycles. The molecule has 2 atom stereocenters. The number of hydrogen-bond donors (Lipinski definition) is 1. The van der Waals surface area contributed by atoms with Crippen LogP contribution in [0.3, 0.4) is 0 Å². The Morgan fingerprint density at radius 3 is 2.81 bits per heavy atom. The lowest BCUT2D eigenvalue weighted by molar-refractivity contribution is -0.0975. The molecule has 1 aromatic carbocycles. The Bertz CT molecular complexity index is 538. The highest BCUT2D eigenvalue weighted by atomic mass is 79.9. The van der Waals surface area contributed by atoms with Crippen LogP contribution < -0.4 is 5.73 Å². The molecule has 3 rings (SSSR count). The van der Waals surface area contributed by atoms with Gasteiger partial charge >= 0.3 is 0 Å². The number of halogens is 1. The highest BCUT2D eigenvalue weighted by Crippen LogP contribution is 2.41. The fraction of sp³-hybridized carbons (Fsp3) is 0.625. The lowest BCUT2D eigenvalue weighted by Crippen LogP contribution is -2.44. The van der Waals surface area contributed by atoms with Gasteiger partial charge in [0.25, 0.3) is 0 Å². The third kappa shape index (κ3) is 3.35. The fourth-order valence-corrected chi connectivity index (χ4v) is 5.75. The van der Waals surface area contributed by atoms with Gasteiger partial charge in [-0.2, -0.15) is 0 Å². The largest absolute Gasteiger partial charge is 0.398 e. The Morgan fingerprint density at radius 2 is 2.05 bits per heavy atom. The van der Waals surface area contributed by atoms with Crippen molar-refractivity contribution in [1.82, 2.24) is 0 Å². The minimum absolute atomic E-state index is 0.0163. The van der Waals surface area contributed by atoms with Crippen molar-refractivity contribution >= 4 is 32.4 Å². The van der Waals surface area contributed by atoms with Gasteiger partial charge in [-0.25, -0.2) is 0 Å². The van der Waals surface area contributed by atoms with Gasteiger partial charge in [0.2, 0.25) is 0 Å². The number of ether oxygens (including phenoxy) is 1. The molecule has 0 aromatic heterocycles. The van der Waals surface area contributed by atoms with Crippen molar-refractivity contribution in [2.75, 3.05) is 12.3 Å². The zero-order valence-electron chi connectivity index (χ0n) is 12.1. The molecule has 1 heterocycles. The van der Waals surface area contributed by atoms with Gasteiger partial charge in [-0.3, -0.25) is 4.21 Å². The van der Waals surface area contributed by atoms with Crippen LogP contribution in [0.2, 0.25) is 0 Å². The number of anilines is 1. The first-order valence-electron chi connectivity index (χ1n) is 7.69. The molecule has 21 heavy (non-hydrogen) atoms. The summed E-state index contributed by atoms with van der Waals surface area (Å²) < 4.78 is 20.0. The smallest absolute Gasteiger partial charge is 0.0694 e. The average molecular weight is 372 g/mol. The summed E-state index contributed by atoms with van der Waals surface area (Å²) in [5, 5.41) is 0.161. The molecule has 2 N–H and O–H groups in total. The van der Waals surface area contributed by atoms with Crippen LogP contribution in [0.25, 0.3) is 0 Å². The maximum absolute atomic E-state index is 13.0. The van der Waals surface area contributed by atoms with Gasteiger partial charge in [0.1, 0.15) is 0 Å². The predicted molar refractivity (Wildman–Crippen MR) is 89.8 cm³/mol. The van der Waals surface area contributed by atoms with E-state index >= 15 is 0 Å². The SMILES string of the molecule is Nc1ccc(Br)cc1S(=O)C1CCOC2(CCCCC2)C1. The van der Waals surface area contributed by atoms with E-state index in [4.69, 9.17) is 10.5 Å². The molecule has 1 aromatic rings. The Kier molecular flexibility index (Phi) is 4.71. The monoisotopic (exact) mass is 371 g/mol. The van der Waals surface area contributed by atoms with E-state index in [-0.39, 0.29) is 10.9 Å². The quantitative estimate of drug-likeness (QED) is 0.798. The van der Waals surface area contributed by atoms with Crippen molar-refractivity contribution in [3.8, 4) is 0 Å². The van der Waals surface area contributed by atoms with Crippen LogP contribution in [-0.2, 0) is 15.5 Å². The molecule has 1 spiro atoms. The molecular formula is C16H22BrNO2S. The summed E-state index contributed by atoms with van der Waals surface area (Å²) in [5.74, 6) is 0. The van der Waals surface area contributed by atoms with E-state index in [2.05, 4.69) is 15.9 Å². The van der Waals surface area contributed by atoms with Gasteiger partial charge in [0.05, 0.1) is 21.3 Å². The van der Waals surface area contributed by atoms with Crippen molar-refractivity contribution in [3.05, 3.63) is 22.7 Å². The first kappa shape index (κ1) is 15.5. The highest BCUT2D eigenvalue weighted by molar-refractivity contribution is 9.10. The topological polar surface area (TPSA) is 52.3 Å². The minimum atomic E-state index is -1.05. The molecule has 3 nitrogen and oxygen atoms in total. The van der Waals surface area contributed by atoms with E-state index in [1.165, 1.54) is 19.3 Å². The zero-order valence-corrected chi connectivity index (χ0v) is 14.5. The van der Waals surface area contributed by atoms with Crippen LogP contribution in [-0.4, -0.2) is 21.7 Å². The van der Waals surface area contributed by atoms with Crippen LogP contribution in [0.5, 0.6) is 0 Å². The van der Waals surface area contributed by atoms with Gasteiger partial charge in [0.15, 0.2) is 0 Å². The molecule has 1 saturated heterocycles. The van der Waals surface area contributed by atoms with Crippen molar-refractivity contribution in [3.63, 3.8) is 0 Å². The van der Waals surface area contributed by atoms with E-state index in [1.807, 2.05) is 18.2 Å². The van der Waals surface area contributed by atoms with E-state index in [9.17, 15) is 4.21 Å². The second-order valence-corrected chi connectivity index (χ2v) is 8.80. The maximum Gasteiger partial charge on any atom is 0.0694 e. The summed E-state index contributed by atoms with van der Waals surface area (Å²) in [6.45, 7) is 0.727. The van der Waals surface area contributed by atoms with Gasteiger partial charge in [0, 0.05) is 22.0 Å². The van der Waals surface area contributed by atoms with Crippen LogP contribution in [0.1, 0.15) is 44.9 Å². The lowest BCUT2D eigenvalue weighted by atomic mass is 9.80. The second-order valence-electron chi connectivity index (χ2n) is 6.19. The number of benzene rings is 1. The lowest BCUT2D eigenvalue weighted by Gasteiger charge is -2.43. The van der Waals surface area contributed by atoms with Crippen LogP contribution >= 0.6 is 15.9 Å². The second kappa shape index (κ2) is 6.39. The number of nitrogens with two attached hydrogens (primary N) is 1. The summed E-state index contributed by atoms with van der Waals surface area (Å²) in [5.41, 5.74) is 6.63. The van der Waals surface area contributed by atoms with Crippen molar-refractivity contribution < 1.29 is 8.95 Å². The van der Waals surface area contributed by atoms with E-state index in [0.717, 1.165) is 41.7 Å². The third-order valence-electron chi connectivity index (χ3n) is 4.71. The summed E-state index contributed by atoms with van der Waals surface area (Å²) in [4.78, 5) is 0.766. The Balaban J connectivity index is 1.79. The van der Waals surface area contributed by atoms with Gasteiger partial charge < -0.3 is 10.5 Å². The van der Waals surface area contributed by atoms with Crippen LogP contribution in [0, 0.1) is 0 Å². The summed E-state index contributed by atoms with van der Waals surface area (Å²) in [6.07, 6.45) is 7.78. The maximum atomic E-state index is 13.0. The molecule has 0 amide bonds. The predicted octanol–water partition coefficient (Wildman–Crippen LogP) is 4.02. The van der Waals surface area contributed by atoms with Gasteiger partial charge in [-0.1, -0.05) is 35.2 Å². The molecule has 1 saturated carbocycles. The summed E-state index contributed by atoms with van der Waals surface area (Å²) >= 11 is 3.44. The molecule has 2 unspecified atom stereocenters. The van der Waals surface area contributed by atoms with Crippen LogP contribution in [0.15, 0.2) is 27.6 Å². The number of nitrogen functional groups attached to an aromatic ring is 1. The van der Waals surface area contributed by atoms with Crippen LogP contribution in [0.4, 0.5) is 5.69 Å². The van der Waals surface area contributed by atoms with Crippen molar-refractivity contribution in [1.29, 1.82) is 0 Å². The normalized spacial score (nSPS) is 26.6. The number of hydrogen-bond acceptors (Lipinski definition) is 3. The molecule has 5 heteroatoms. The fourth-order valence-electron chi connectivity index (χ4n) is 3.57.